The first-order valence-corrected chi connectivity index (χ1v) is 8.75. The number of aromatic nitrogens is 2. The summed E-state index contributed by atoms with van der Waals surface area (Å²) in [7, 11) is 0. The van der Waals surface area contributed by atoms with Crippen molar-refractivity contribution >= 4 is 17.2 Å². The molecule has 0 saturated carbocycles. The van der Waals surface area contributed by atoms with Crippen molar-refractivity contribution in [3.63, 3.8) is 0 Å². The van der Waals surface area contributed by atoms with Crippen LogP contribution < -0.4 is 11.1 Å². The second kappa shape index (κ2) is 8.10. The summed E-state index contributed by atoms with van der Waals surface area (Å²) in [4.78, 5) is 24.5. The van der Waals surface area contributed by atoms with Gasteiger partial charge in [-0.05, 0) is 30.7 Å². The summed E-state index contributed by atoms with van der Waals surface area (Å²) in [5.74, 6) is 0.0799. The van der Waals surface area contributed by atoms with E-state index in [1.165, 1.54) is 11.3 Å². The minimum Gasteiger partial charge on any atom is -0.387 e. The molecule has 2 aromatic rings. The van der Waals surface area contributed by atoms with Gasteiger partial charge in [0.25, 0.3) is 5.89 Å². The molecule has 0 aliphatic heterocycles. The van der Waals surface area contributed by atoms with Crippen LogP contribution in [0.2, 0.25) is 0 Å². The fourth-order valence-corrected chi connectivity index (χ4v) is 2.91. The van der Waals surface area contributed by atoms with Crippen molar-refractivity contribution < 1.29 is 9.21 Å². The van der Waals surface area contributed by atoms with Crippen LogP contribution in [0.4, 0.5) is 0 Å². The Labute approximate surface area is 139 Å². The maximum atomic E-state index is 12.0. The number of amides is 1. The summed E-state index contributed by atoms with van der Waals surface area (Å²) in [5.41, 5.74) is 0. The highest BCUT2D eigenvalue weighted by Crippen LogP contribution is 2.20. The molecule has 7 heteroatoms. The van der Waals surface area contributed by atoms with Gasteiger partial charge in [-0.2, -0.15) is 4.68 Å². The molecule has 0 fully saturated rings. The quantitative estimate of drug-likeness (QED) is 0.803. The lowest BCUT2D eigenvalue weighted by atomic mass is 10.0. The lowest BCUT2D eigenvalue weighted by molar-refractivity contribution is -0.122. The van der Waals surface area contributed by atoms with Gasteiger partial charge >= 0.3 is 5.76 Å². The molecule has 1 unspecified atom stereocenters. The molecule has 2 aromatic heterocycles. The van der Waals surface area contributed by atoms with E-state index >= 15 is 0 Å². The number of hydrogen-bond donors (Lipinski definition) is 1. The van der Waals surface area contributed by atoms with Crippen molar-refractivity contribution in [1.82, 2.24) is 15.1 Å². The van der Waals surface area contributed by atoms with Gasteiger partial charge in [0.2, 0.25) is 5.91 Å². The first-order chi connectivity index (χ1) is 11.0. The van der Waals surface area contributed by atoms with E-state index in [1.807, 2.05) is 24.4 Å². The van der Waals surface area contributed by atoms with Crippen molar-refractivity contribution in [2.24, 2.45) is 5.92 Å². The summed E-state index contributed by atoms with van der Waals surface area (Å²) in [5, 5.41) is 8.84. The van der Waals surface area contributed by atoms with Crippen LogP contribution in [0.15, 0.2) is 26.7 Å². The van der Waals surface area contributed by atoms with Gasteiger partial charge in [0, 0.05) is 6.04 Å². The minimum absolute atomic E-state index is 0.0839. The lowest BCUT2D eigenvalue weighted by Gasteiger charge is -2.14. The molecule has 6 nitrogen and oxygen atoms in total. The summed E-state index contributed by atoms with van der Waals surface area (Å²) in [6.45, 7) is 6.22. The Morgan fingerprint density at radius 3 is 2.83 bits per heavy atom. The smallest absolute Gasteiger partial charge is 0.387 e. The molecule has 0 bridgehead atoms. The highest BCUT2D eigenvalue weighted by atomic mass is 32.1. The summed E-state index contributed by atoms with van der Waals surface area (Å²) < 4.78 is 6.14. The molecule has 0 radical (unpaired) electrons. The molecule has 2 heterocycles. The molecule has 0 saturated heterocycles. The van der Waals surface area contributed by atoms with Crippen molar-refractivity contribution in [2.75, 3.05) is 0 Å². The number of rotatable bonds is 8. The number of hydrogen-bond acceptors (Lipinski definition) is 5. The van der Waals surface area contributed by atoms with Crippen LogP contribution in [0, 0.1) is 5.92 Å². The Balaban J connectivity index is 1.87. The van der Waals surface area contributed by atoms with Crippen LogP contribution in [-0.4, -0.2) is 21.7 Å². The average Bonchev–Trinajstić information content (AvgIpc) is 3.08. The highest BCUT2D eigenvalue weighted by Gasteiger charge is 2.15. The monoisotopic (exact) mass is 337 g/mol. The fraction of sp³-hybridized carbons (Fsp3) is 0.562. The Morgan fingerprint density at radius 1 is 1.39 bits per heavy atom. The van der Waals surface area contributed by atoms with Gasteiger partial charge in [-0.25, -0.2) is 4.79 Å². The topological polar surface area (TPSA) is 77.1 Å². The number of carbonyl (C=O) groups excluding carboxylic acids is 1. The maximum Gasteiger partial charge on any atom is 0.437 e. The lowest BCUT2D eigenvalue weighted by Crippen LogP contribution is -2.37. The van der Waals surface area contributed by atoms with E-state index in [4.69, 9.17) is 4.42 Å². The van der Waals surface area contributed by atoms with Gasteiger partial charge in [0.1, 0.15) is 6.54 Å². The van der Waals surface area contributed by atoms with E-state index in [1.54, 1.807) is 0 Å². The zero-order chi connectivity index (χ0) is 16.8. The van der Waals surface area contributed by atoms with E-state index in [-0.39, 0.29) is 24.4 Å². The standard InChI is InChI=1S/C16H23N3O3S/c1-11(2)6-4-7-12(3)17-14(20)10-19-16(21)22-15(18-19)13-8-5-9-23-13/h5,8-9,11-12H,4,6-7,10H2,1-3H3,(H,17,20). The molecule has 1 atom stereocenters. The summed E-state index contributed by atoms with van der Waals surface area (Å²) in [6.07, 6.45) is 3.15. The number of carbonyl (C=O) groups is 1. The second-order valence-corrected chi connectivity index (χ2v) is 7.05. The third kappa shape index (κ3) is 5.35. The van der Waals surface area contributed by atoms with Gasteiger partial charge in [0.15, 0.2) is 0 Å². The van der Waals surface area contributed by atoms with Crippen molar-refractivity contribution in [3.8, 4) is 10.8 Å². The molecule has 1 N–H and O–H groups in total. The summed E-state index contributed by atoms with van der Waals surface area (Å²) in [6, 6.07) is 3.75. The van der Waals surface area contributed by atoms with Crippen molar-refractivity contribution in [1.29, 1.82) is 0 Å². The molecule has 0 aliphatic carbocycles. The van der Waals surface area contributed by atoms with Gasteiger partial charge in [-0.15, -0.1) is 16.4 Å². The van der Waals surface area contributed by atoms with E-state index in [0.29, 0.717) is 5.92 Å². The molecular formula is C16H23N3O3S. The molecule has 1 amide bonds. The van der Waals surface area contributed by atoms with Gasteiger partial charge in [0.05, 0.1) is 4.88 Å². The minimum atomic E-state index is -0.615. The molecule has 23 heavy (non-hydrogen) atoms. The first-order valence-electron chi connectivity index (χ1n) is 7.87. The van der Waals surface area contributed by atoms with Gasteiger partial charge in [-0.1, -0.05) is 32.8 Å². The van der Waals surface area contributed by atoms with Gasteiger partial charge < -0.3 is 9.73 Å². The molecule has 0 aromatic carbocycles. The Kier molecular flexibility index (Phi) is 6.15. The zero-order valence-electron chi connectivity index (χ0n) is 13.7. The van der Waals surface area contributed by atoms with E-state index in [0.717, 1.165) is 28.8 Å². The normalized spacial score (nSPS) is 12.5. The Morgan fingerprint density at radius 2 is 2.17 bits per heavy atom. The predicted molar refractivity (Wildman–Crippen MR) is 90.4 cm³/mol. The van der Waals surface area contributed by atoms with E-state index in [2.05, 4.69) is 24.3 Å². The SMILES string of the molecule is CC(C)CCCC(C)NC(=O)Cn1nc(-c2cccs2)oc1=O. The average molecular weight is 337 g/mol. The summed E-state index contributed by atoms with van der Waals surface area (Å²) >= 11 is 1.43. The van der Waals surface area contributed by atoms with Gasteiger partial charge in [-0.3, -0.25) is 4.79 Å². The molecular weight excluding hydrogens is 314 g/mol. The van der Waals surface area contributed by atoms with E-state index < -0.39 is 5.76 Å². The maximum absolute atomic E-state index is 12.0. The number of thiophene rings is 1. The van der Waals surface area contributed by atoms with Crippen LogP contribution in [0.1, 0.15) is 40.0 Å². The third-order valence-electron chi connectivity index (χ3n) is 3.46. The molecule has 2 rings (SSSR count). The molecule has 0 aliphatic rings. The zero-order valence-corrected chi connectivity index (χ0v) is 14.6. The van der Waals surface area contributed by atoms with Crippen LogP contribution in [0.3, 0.4) is 0 Å². The molecule has 0 spiro atoms. The third-order valence-corrected chi connectivity index (χ3v) is 4.32. The Hall–Kier alpha value is -1.89. The second-order valence-electron chi connectivity index (χ2n) is 6.10. The number of nitrogens with one attached hydrogen (secondary N) is 1. The van der Waals surface area contributed by atoms with Crippen LogP contribution in [0.5, 0.6) is 0 Å². The number of nitrogens with zero attached hydrogens (tertiary/aromatic N) is 2. The molecule has 126 valence electrons. The highest BCUT2D eigenvalue weighted by molar-refractivity contribution is 7.13. The van der Waals surface area contributed by atoms with Crippen LogP contribution in [0.25, 0.3) is 10.8 Å². The first kappa shape index (κ1) is 17.5. The van der Waals surface area contributed by atoms with E-state index in [9.17, 15) is 9.59 Å². The largest absolute Gasteiger partial charge is 0.437 e. The predicted octanol–water partition coefficient (Wildman–Crippen LogP) is 2.90. The van der Waals surface area contributed by atoms with Crippen LogP contribution >= 0.6 is 11.3 Å². The van der Waals surface area contributed by atoms with Crippen molar-refractivity contribution in [3.05, 3.63) is 28.1 Å². The fourth-order valence-electron chi connectivity index (χ4n) is 2.27. The Bertz CT molecular complexity index is 673. The van der Waals surface area contributed by atoms with Crippen LogP contribution in [-0.2, 0) is 11.3 Å². The van der Waals surface area contributed by atoms with Crippen molar-refractivity contribution in [2.45, 2.75) is 52.6 Å².